The van der Waals surface area contributed by atoms with Crippen LogP contribution in [0.2, 0.25) is 0 Å². The number of aromatic hydroxyl groups is 1. The van der Waals surface area contributed by atoms with Crippen LogP contribution in [0, 0.1) is 11.8 Å². The van der Waals surface area contributed by atoms with Crippen molar-refractivity contribution in [3.8, 4) is 33.3 Å². The fourth-order valence-corrected chi connectivity index (χ4v) is 6.28. The number of rotatable bonds is 6. The average molecular weight is 504 g/mol. The van der Waals surface area contributed by atoms with E-state index in [0.29, 0.717) is 22.6 Å². The summed E-state index contributed by atoms with van der Waals surface area (Å²) in [6.45, 7) is 0. The number of hydrogen-bond acceptors (Lipinski definition) is 8. The molecule has 4 unspecified atom stereocenters. The number of phenols is 1. The maximum absolute atomic E-state index is 15.3. The van der Waals surface area contributed by atoms with Crippen LogP contribution in [0.4, 0.5) is 18.3 Å². The molecule has 2 aliphatic heterocycles. The Morgan fingerprint density at radius 1 is 1.09 bits per heavy atom. The van der Waals surface area contributed by atoms with Crippen LogP contribution >= 0.6 is 11.3 Å². The molecule has 184 valence electrons. The standard InChI is InChI=1S/C24H24F3N5O2S/c1-34-21-7-11(6-20(26)29-21)14-10-19(33)15(9-16(14)25)23-30-31-24(35-23)32(13-3-4-13)18-8-12-2-5-17(28-12)22(18)27/h6-7,9-10,12-13,17-18,22,28,33H,2-5,8H2,1H3. The van der Waals surface area contributed by atoms with Crippen molar-refractivity contribution < 1.29 is 23.0 Å². The predicted octanol–water partition coefficient (Wildman–Crippen LogP) is 4.46. The fourth-order valence-electron chi connectivity index (χ4n) is 5.28. The molecule has 4 atom stereocenters. The number of piperidine rings is 1. The van der Waals surface area contributed by atoms with Gasteiger partial charge >= 0.3 is 0 Å². The molecule has 0 radical (unpaired) electrons. The molecule has 0 amide bonds. The molecule has 3 fully saturated rings. The van der Waals surface area contributed by atoms with Gasteiger partial charge in [0.15, 0.2) is 5.01 Å². The molecule has 6 rings (SSSR count). The van der Waals surface area contributed by atoms with E-state index in [9.17, 15) is 9.50 Å². The number of benzene rings is 1. The third-order valence-electron chi connectivity index (χ3n) is 7.09. The summed E-state index contributed by atoms with van der Waals surface area (Å²) < 4.78 is 49.2. The topological polar surface area (TPSA) is 83.4 Å². The monoisotopic (exact) mass is 503 g/mol. The smallest absolute Gasteiger partial charge is 0.216 e. The number of aromatic nitrogens is 3. The highest BCUT2D eigenvalue weighted by molar-refractivity contribution is 7.18. The van der Waals surface area contributed by atoms with Gasteiger partial charge in [-0.25, -0.2) is 8.78 Å². The van der Waals surface area contributed by atoms with Crippen molar-refractivity contribution in [2.24, 2.45) is 0 Å². The summed E-state index contributed by atoms with van der Waals surface area (Å²) in [7, 11) is 1.33. The minimum absolute atomic E-state index is 0.000600. The molecule has 2 bridgehead atoms. The first kappa shape index (κ1) is 22.5. The van der Waals surface area contributed by atoms with E-state index in [1.165, 1.54) is 30.6 Å². The number of nitrogens with one attached hydrogen (secondary N) is 1. The number of fused-ring (bicyclic) bond motifs is 2. The molecule has 1 aromatic carbocycles. The molecule has 1 aliphatic carbocycles. The lowest BCUT2D eigenvalue weighted by atomic mass is 9.96. The van der Waals surface area contributed by atoms with Crippen molar-refractivity contribution in [2.45, 2.75) is 62.4 Å². The number of methoxy groups -OCH3 is 1. The van der Waals surface area contributed by atoms with Gasteiger partial charge in [0.2, 0.25) is 17.0 Å². The van der Waals surface area contributed by atoms with Crippen molar-refractivity contribution in [1.82, 2.24) is 20.5 Å². The summed E-state index contributed by atoms with van der Waals surface area (Å²) in [6, 6.07) is 4.96. The van der Waals surface area contributed by atoms with Gasteiger partial charge in [0, 0.05) is 35.8 Å². The van der Waals surface area contributed by atoms with Gasteiger partial charge in [-0.15, -0.1) is 10.2 Å². The summed E-state index contributed by atoms with van der Waals surface area (Å²) in [5, 5.41) is 23.5. The molecule has 3 aliphatic rings. The Hall–Kier alpha value is -2.92. The lowest BCUT2D eigenvalue weighted by Crippen LogP contribution is -2.57. The van der Waals surface area contributed by atoms with E-state index >= 15 is 8.78 Å². The maximum Gasteiger partial charge on any atom is 0.216 e. The Labute approximate surface area is 204 Å². The SMILES string of the molecule is COc1cc(-c2cc(O)c(-c3nnc(N(C4CC4)C4CC5CCC(N5)C4F)s3)cc2F)cc(F)n1. The number of phenolic OH excluding ortho intramolecular Hbond substituents is 1. The van der Waals surface area contributed by atoms with Crippen LogP contribution in [0.5, 0.6) is 11.6 Å². The van der Waals surface area contributed by atoms with Gasteiger partial charge in [0.1, 0.15) is 17.7 Å². The average Bonchev–Trinajstić information content (AvgIpc) is 3.41. The summed E-state index contributed by atoms with van der Waals surface area (Å²) >= 11 is 1.21. The van der Waals surface area contributed by atoms with Crippen molar-refractivity contribution in [3.63, 3.8) is 0 Å². The highest BCUT2D eigenvalue weighted by Gasteiger charge is 2.48. The Balaban J connectivity index is 1.32. The Kier molecular flexibility index (Phi) is 5.56. The number of alkyl halides is 1. The number of halogens is 3. The first-order valence-electron chi connectivity index (χ1n) is 11.7. The number of hydrogen-bond donors (Lipinski definition) is 2. The van der Waals surface area contributed by atoms with Crippen LogP contribution in [0.15, 0.2) is 24.3 Å². The van der Waals surface area contributed by atoms with Gasteiger partial charge in [-0.2, -0.15) is 9.37 Å². The number of pyridine rings is 1. The third kappa shape index (κ3) is 4.10. The van der Waals surface area contributed by atoms with Crippen LogP contribution in [0.1, 0.15) is 32.1 Å². The van der Waals surface area contributed by atoms with Crippen molar-refractivity contribution in [2.75, 3.05) is 12.0 Å². The molecule has 2 saturated heterocycles. The molecule has 35 heavy (non-hydrogen) atoms. The van der Waals surface area contributed by atoms with Gasteiger partial charge in [-0.05, 0) is 49.8 Å². The van der Waals surface area contributed by atoms with E-state index in [4.69, 9.17) is 4.74 Å². The zero-order valence-corrected chi connectivity index (χ0v) is 19.7. The van der Waals surface area contributed by atoms with Crippen molar-refractivity contribution in [3.05, 3.63) is 36.0 Å². The zero-order chi connectivity index (χ0) is 24.3. The first-order valence-corrected chi connectivity index (χ1v) is 12.5. The van der Waals surface area contributed by atoms with Gasteiger partial charge in [0.25, 0.3) is 0 Å². The van der Waals surface area contributed by atoms with Gasteiger partial charge in [-0.1, -0.05) is 11.3 Å². The lowest BCUT2D eigenvalue weighted by Gasteiger charge is -2.40. The Morgan fingerprint density at radius 3 is 2.69 bits per heavy atom. The second kappa shape index (κ2) is 8.63. The van der Waals surface area contributed by atoms with Gasteiger partial charge < -0.3 is 20.1 Å². The number of ether oxygens (including phenoxy) is 1. The third-order valence-corrected chi connectivity index (χ3v) is 8.06. The summed E-state index contributed by atoms with van der Waals surface area (Å²) in [5.74, 6) is -1.72. The Bertz CT molecular complexity index is 1270. The van der Waals surface area contributed by atoms with Crippen LogP contribution in [-0.2, 0) is 0 Å². The van der Waals surface area contributed by atoms with Crippen molar-refractivity contribution >= 4 is 16.5 Å². The molecule has 1 saturated carbocycles. The second-order valence-corrected chi connectivity index (χ2v) is 10.3. The maximum atomic E-state index is 15.3. The fraction of sp³-hybridized carbons (Fsp3) is 0.458. The first-order chi connectivity index (χ1) is 16.9. The number of anilines is 1. The largest absolute Gasteiger partial charge is 0.507 e. The molecule has 11 heteroatoms. The molecule has 0 spiro atoms. The zero-order valence-electron chi connectivity index (χ0n) is 18.9. The van der Waals surface area contributed by atoms with Crippen molar-refractivity contribution in [1.29, 1.82) is 0 Å². The van der Waals surface area contributed by atoms with Gasteiger partial charge in [-0.3, -0.25) is 0 Å². The second-order valence-electron chi connectivity index (χ2n) is 9.39. The molecule has 2 N–H and O–H groups in total. The highest BCUT2D eigenvalue weighted by atomic mass is 32.1. The minimum Gasteiger partial charge on any atom is -0.507 e. The summed E-state index contributed by atoms with van der Waals surface area (Å²) in [5.41, 5.74) is 0.358. The van der Waals surface area contributed by atoms with E-state index < -0.39 is 17.9 Å². The van der Waals surface area contributed by atoms with E-state index in [-0.39, 0.29) is 46.4 Å². The van der Waals surface area contributed by atoms with Crippen LogP contribution in [-0.4, -0.2) is 57.7 Å². The normalized spacial score (nSPS) is 25.6. The summed E-state index contributed by atoms with van der Waals surface area (Å²) in [6.07, 6.45) is 3.49. The van der Waals surface area contributed by atoms with Crippen LogP contribution < -0.4 is 15.0 Å². The lowest BCUT2D eigenvalue weighted by molar-refractivity contribution is 0.172. The quantitative estimate of drug-likeness (QED) is 0.481. The van der Waals surface area contributed by atoms with Crippen LogP contribution in [0.25, 0.3) is 21.7 Å². The summed E-state index contributed by atoms with van der Waals surface area (Å²) in [4.78, 5) is 5.63. The Morgan fingerprint density at radius 2 is 1.91 bits per heavy atom. The molecular weight excluding hydrogens is 479 g/mol. The molecule has 3 aromatic rings. The minimum atomic E-state index is -0.996. The van der Waals surface area contributed by atoms with E-state index in [1.807, 2.05) is 0 Å². The van der Waals surface area contributed by atoms with E-state index in [1.54, 1.807) is 0 Å². The molecular formula is C24H24F3N5O2S. The number of nitrogens with zero attached hydrogens (tertiary/aromatic N) is 4. The van der Waals surface area contributed by atoms with E-state index in [0.717, 1.165) is 37.8 Å². The molecule has 4 heterocycles. The van der Waals surface area contributed by atoms with E-state index in [2.05, 4.69) is 25.4 Å². The predicted molar refractivity (Wildman–Crippen MR) is 125 cm³/mol. The molecule has 7 nitrogen and oxygen atoms in total. The van der Waals surface area contributed by atoms with Crippen LogP contribution in [0.3, 0.4) is 0 Å². The highest BCUT2D eigenvalue weighted by Crippen LogP contribution is 2.44. The molecule has 2 aromatic heterocycles. The van der Waals surface area contributed by atoms with Gasteiger partial charge in [0.05, 0.1) is 18.7 Å².